The number of phosphoric ester groups is 1. The highest BCUT2D eigenvalue weighted by Crippen LogP contribution is 2.49. The number of carbonyl (C=O) groups excluding carboxylic acids is 5. The van der Waals surface area contributed by atoms with Gasteiger partial charge >= 0.3 is 25.7 Å². The molecule has 0 aliphatic heterocycles. The minimum absolute atomic E-state index is 0.0120. The van der Waals surface area contributed by atoms with E-state index >= 15 is 0 Å². The van der Waals surface area contributed by atoms with E-state index in [1.165, 1.54) is 24.3 Å². The second kappa shape index (κ2) is 20.5. The molecule has 0 aromatic heterocycles. The number of aryl methyl sites for hydroxylation is 1. The van der Waals surface area contributed by atoms with Gasteiger partial charge in [-0.1, -0.05) is 61.2 Å². The van der Waals surface area contributed by atoms with Gasteiger partial charge < -0.3 is 40.4 Å². The molecule has 0 heterocycles. The molecule has 3 atom stereocenters. The Morgan fingerprint density at radius 1 is 0.900 bits per heavy atom. The lowest BCUT2D eigenvalue weighted by Crippen LogP contribution is -2.55. The summed E-state index contributed by atoms with van der Waals surface area (Å²) in [6.07, 6.45) is 1.91. The van der Waals surface area contributed by atoms with E-state index in [9.17, 15) is 38.4 Å². The van der Waals surface area contributed by atoms with Gasteiger partial charge in [-0.15, -0.1) is 0 Å². The van der Waals surface area contributed by atoms with E-state index in [1.54, 1.807) is 18.2 Å². The third kappa shape index (κ3) is 15.2. The number of benzene rings is 2. The van der Waals surface area contributed by atoms with Crippen LogP contribution in [0.3, 0.4) is 0 Å². The summed E-state index contributed by atoms with van der Waals surface area (Å²) in [6.45, 7) is 4.03. The highest BCUT2D eigenvalue weighted by atomic mass is 35.5. The van der Waals surface area contributed by atoms with Crippen molar-refractivity contribution in [2.24, 2.45) is 5.73 Å². The smallest absolute Gasteiger partial charge is 0.480 e. The fourth-order valence-electron chi connectivity index (χ4n) is 4.45. The summed E-state index contributed by atoms with van der Waals surface area (Å²) in [5, 5.41) is 18.2. The van der Waals surface area contributed by atoms with Crippen LogP contribution >= 0.6 is 31.0 Å². The van der Waals surface area contributed by atoms with Crippen molar-refractivity contribution in [2.45, 2.75) is 83.8 Å². The number of hydrogen-bond acceptors (Lipinski definition) is 11. The van der Waals surface area contributed by atoms with Crippen LogP contribution in [0, 0.1) is 0 Å². The predicted molar refractivity (Wildman–Crippen MR) is 183 cm³/mol. The Bertz CT molecular complexity index is 1560. The first-order valence-electron chi connectivity index (χ1n) is 15.6. The van der Waals surface area contributed by atoms with Gasteiger partial charge in [-0.3, -0.25) is 24.0 Å². The van der Waals surface area contributed by atoms with Crippen LogP contribution in [-0.2, 0) is 55.2 Å². The number of phosphoric acid groups is 1. The Kier molecular flexibility index (Phi) is 17.2. The zero-order valence-corrected chi connectivity index (χ0v) is 30.1. The third-order valence-corrected chi connectivity index (χ3v) is 8.84. The molecule has 0 bridgehead atoms. The molecule has 0 aliphatic rings. The predicted octanol–water partition coefficient (Wildman–Crippen LogP) is 3.86. The summed E-state index contributed by atoms with van der Waals surface area (Å²) in [5.74, 6) is -5.57. The molecule has 2 rings (SSSR count). The Morgan fingerprint density at radius 3 is 2.08 bits per heavy atom. The molecule has 0 saturated heterocycles. The summed E-state index contributed by atoms with van der Waals surface area (Å²) in [4.78, 5) is 73.1. The zero-order valence-electron chi connectivity index (χ0n) is 27.7. The standard InChI is InChI=1S/C32H41Cl2N4O11P/c1-4-5-8-27(31(43)38-28(32(44)45)18-29(41)36-15-6-7-22-11-12-23(33)17-25(22)34)37-30(42)26(35)16-21-9-13-24(14-10-21)49-50(46,47-19(2)39)48-20(3)40/h9-14,17,26-28H,4-8,15-16,18,35H2,1-3H3,(H,36,41)(H,37,42)(H,38,43)(H,44,45). The first-order chi connectivity index (χ1) is 23.5. The van der Waals surface area contributed by atoms with E-state index in [1.807, 2.05) is 6.92 Å². The molecule has 0 fully saturated rings. The molecule has 50 heavy (non-hydrogen) atoms. The number of halogens is 2. The molecule has 18 heteroatoms. The fourth-order valence-corrected chi connectivity index (χ4v) is 6.07. The van der Waals surface area contributed by atoms with Gasteiger partial charge in [0.2, 0.25) is 17.7 Å². The van der Waals surface area contributed by atoms with Crippen LogP contribution in [-0.4, -0.2) is 65.4 Å². The highest BCUT2D eigenvalue weighted by molar-refractivity contribution is 7.50. The number of nitrogens with two attached hydrogens (primary N) is 1. The van der Waals surface area contributed by atoms with Crippen LogP contribution in [0.25, 0.3) is 0 Å². The Morgan fingerprint density at radius 2 is 1.52 bits per heavy atom. The van der Waals surface area contributed by atoms with Crippen molar-refractivity contribution in [1.82, 2.24) is 16.0 Å². The van der Waals surface area contributed by atoms with Gasteiger partial charge in [0.05, 0.1) is 12.5 Å². The number of aliphatic carboxylic acids is 1. The van der Waals surface area contributed by atoms with E-state index in [0.29, 0.717) is 41.3 Å². The van der Waals surface area contributed by atoms with Gasteiger partial charge in [0.25, 0.3) is 0 Å². The summed E-state index contributed by atoms with van der Waals surface area (Å²) in [6, 6.07) is 6.88. The van der Waals surface area contributed by atoms with E-state index < -0.39 is 68.0 Å². The van der Waals surface area contributed by atoms with Gasteiger partial charge in [0.15, 0.2) is 0 Å². The number of carbonyl (C=O) groups is 6. The molecule has 0 radical (unpaired) electrons. The number of carboxylic acid groups (broad SMARTS) is 1. The van der Waals surface area contributed by atoms with E-state index in [0.717, 1.165) is 19.4 Å². The highest BCUT2D eigenvalue weighted by Gasteiger charge is 2.35. The van der Waals surface area contributed by atoms with Gasteiger partial charge in [-0.05, 0) is 61.1 Å². The summed E-state index contributed by atoms with van der Waals surface area (Å²) in [5.41, 5.74) is 7.48. The number of amides is 3. The van der Waals surface area contributed by atoms with Crippen molar-refractivity contribution in [1.29, 1.82) is 0 Å². The molecular weight excluding hydrogens is 718 g/mol. The summed E-state index contributed by atoms with van der Waals surface area (Å²) < 4.78 is 26.8. The second-order valence-electron chi connectivity index (χ2n) is 11.2. The van der Waals surface area contributed by atoms with Crippen molar-refractivity contribution < 1.29 is 52.0 Å². The van der Waals surface area contributed by atoms with Crippen molar-refractivity contribution in [2.75, 3.05) is 6.54 Å². The monoisotopic (exact) mass is 758 g/mol. The van der Waals surface area contributed by atoms with E-state index in [2.05, 4.69) is 25.0 Å². The number of nitrogens with one attached hydrogen (secondary N) is 3. The quantitative estimate of drug-likeness (QED) is 0.0958. The maximum Gasteiger partial charge on any atom is 0.651 e. The first kappa shape index (κ1) is 42.0. The average molecular weight is 760 g/mol. The zero-order chi connectivity index (χ0) is 37.4. The number of hydrogen-bond donors (Lipinski definition) is 5. The Balaban J connectivity index is 1.96. The lowest BCUT2D eigenvalue weighted by molar-refractivity contribution is -0.144. The molecule has 0 spiro atoms. The van der Waals surface area contributed by atoms with Crippen LogP contribution in [0.15, 0.2) is 42.5 Å². The molecule has 0 saturated carbocycles. The van der Waals surface area contributed by atoms with Gasteiger partial charge in [0.1, 0.15) is 17.8 Å². The minimum atomic E-state index is -4.58. The molecule has 3 amide bonds. The normalized spacial score (nSPS) is 12.8. The molecule has 0 aliphatic carbocycles. The minimum Gasteiger partial charge on any atom is -0.480 e. The molecule has 6 N–H and O–H groups in total. The Hall–Kier alpha value is -4.17. The lowest BCUT2D eigenvalue weighted by atomic mass is 10.0. The Labute approximate surface area is 299 Å². The largest absolute Gasteiger partial charge is 0.651 e. The van der Waals surface area contributed by atoms with Crippen molar-refractivity contribution in [3.05, 3.63) is 63.6 Å². The summed E-state index contributed by atoms with van der Waals surface area (Å²) in [7, 11) is -4.58. The maximum absolute atomic E-state index is 13.1. The van der Waals surface area contributed by atoms with Gasteiger partial charge in [0, 0.05) is 30.4 Å². The number of unbranched alkanes of at least 4 members (excludes halogenated alkanes) is 1. The molecule has 2 aromatic carbocycles. The van der Waals surface area contributed by atoms with Crippen LogP contribution in [0.5, 0.6) is 5.75 Å². The second-order valence-corrected chi connectivity index (χ2v) is 13.4. The molecule has 15 nitrogen and oxygen atoms in total. The average Bonchev–Trinajstić information content (AvgIpc) is 3.01. The van der Waals surface area contributed by atoms with Crippen molar-refractivity contribution in [3.63, 3.8) is 0 Å². The third-order valence-electron chi connectivity index (χ3n) is 6.86. The molecule has 2 aromatic rings. The molecule has 3 unspecified atom stereocenters. The van der Waals surface area contributed by atoms with Crippen LogP contribution in [0.4, 0.5) is 0 Å². The van der Waals surface area contributed by atoms with Gasteiger partial charge in [-0.2, -0.15) is 4.57 Å². The SMILES string of the molecule is CCCCC(NC(=O)C(N)Cc1ccc(OP(=O)(OC(C)=O)OC(C)=O)cc1)C(=O)NC(CC(=O)NCCCc1ccc(Cl)cc1Cl)C(=O)O. The summed E-state index contributed by atoms with van der Waals surface area (Å²) >= 11 is 12.1. The topological polar surface area (TPSA) is 230 Å². The fraction of sp³-hybridized carbons (Fsp3) is 0.438. The maximum atomic E-state index is 13.1. The molecule has 274 valence electrons. The van der Waals surface area contributed by atoms with Crippen LogP contribution in [0.2, 0.25) is 10.0 Å². The van der Waals surface area contributed by atoms with E-state index in [4.69, 9.17) is 33.5 Å². The first-order valence-corrected chi connectivity index (χ1v) is 17.8. The van der Waals surface area contributed by atoms with Gasteiger partial charge in [-0.25, -0.2) is 4.79 Å². The van der Waals surface area contributed by atoms with Crippen LogP contribution < -0.4 is 26.2 Å². The van der Waals surface area contributed by atoms with Crippen molar-refractivity contribution >= 4 is 66.7 Å². The van der Waals surface area contributed by atoms with Crippen molar-refractivity contribution in [3.8, 4) is 5.75 Å². The number of rotatable bonds is 20. The molecular formula is C32H41Cl2N4O11P. The lowest BCUT2D eigenvalue weighted by Gasteiger charge is -2.23. The van der Waals surface area contributed by atoms with E-state index in [-0.39, 0.29) is 25.1 Å². The van der Waals surface area contributed by atoms with Crippen LogP contribution in [0.1, 0.15) is 64.0 Å². The number of carboxylic acids is 1.